The molecular formula is C46H66ClNO7. The average molecular weight is 780 g/mol. The zero-order chi connectivity index (χ0) is 40.5. The van der Waals surface area contributed by atoms with E-state index in [1.807, 2.05) is 24.3 Å². The third kappa shape index (κ3) is 6.91. The molecule has 4 fully saturated rings. The fourth-order valence-electron chi connectivity index (χ4n) is 13.4. The molecule has 9 atom stereocenters. The van der Waals surface area contributed by atoms with E-state index < -0.39 is 28.9 Å². The molecule has 4 saturated carbocycles. The van der Waals surface area contributed by atoms with Crippen LogP contribution in [0.3, 0.4) is 0 Å². The molecule has 1 aromatic carbocycles. The maximum Gasteiger partial charge on any atom is 0.309 e. The lowest BCUT2D eigenvalue weighted by Crippen LogP contribution is -2.66. The van der Waals surface area contributed by atoms with Crippen LogP contribution in [0, 0.1) is 56.2 Å². The predicted octanol–water partition coefficient (Wildman–Crippen LogP) is 9.75. The highest BCUT2D eigenvalue weighted by Gasteiger charge is 2.71. The second-order valence-corrected chi connectivity index (χ2v) is 20.8. The average Bonchev–Trinajstić information content (AvgIpc) is 3.39. The van der Waals surface area contributed by atoms with Crippen molar-refractivity contribution in [3.8, 4) is 0 Å². The summed E-state index contributed by atoms with van der Waals surface area (Å²) in [7, 11) is 0. The van der Waals surface area contributed by atoms with Crippen LogP contribution in [0.25, 0.3) is 0 Å². The van der Waals surface area contributed by atoms with E-state index in [9.17, 15) is 24.3 Å². The minimum absolute atomic E-state index is 0.0168. The van der Waals surface area contributed by atoms with E-state index in [1.54, 1.807) is 13.8 Å². The Kier molecular flexibility index (Phi) is 11.1. The van der Waals surface area contributed by atoms with Crippen molar-refractivity contribution in [2.75, 3.05) is 6.54 Å². The Morgan fingerprint density at radius 2 is 1.60 bits per heavy atom. The van der Waals surface area contributed by atoms with Gasteiger partial charge in [-0.25, -0.2) is 0 Å². The number of benzene rings is 1. The number of ether oxygens (including phenoxy) is 2. The molecule has 0 aliphatic heterocycles. The van der Waals surface area contributed by atoms with Crippen LogP contribution in [-0.4, -0.2) is 47.6 Å². The monoisotopic (exact) mass is 779 g/mol. The maximum atomic E-state index is 14.3. The molecule has 0 spiro atoms. The van der Waals surface area contributed by atoms with Gasteiger partial charge in [-0.15, -0.1) is 0 Å². The summed E-state index contributed by atoms with van der Waals surface area (Å²) in [5, 5.41) is 13.9. The summed E-state index contributed by atoms with van der Waals surface area (Å²) in [4.78, 5) is 52.0. The van der Waals surface area contributed by atoms with Gasteiger partial charge in [0.15, 0.2) is 5.78 Å². The Hall–Kier alpha value is -2.71. The smallest absolute Gasteiger partial charge is 0.309 e. The molecule has 2 N–H and O–H groups in total. The lowest BCUT2D eigenvalue weighted by atomic mass is 9.33. The van der Waals surface area contributed by atoms with Gasteiger partial charge < -0.3 is 19.9 Å². The van der Waals surface area contributed by atoms with Crippen molar-refractivity contribution in [3.63, 3.8) is 0 Å². The van der Waals surface area contributed by atoms with Crippen molar-refractivity contribution in [2.45, 2.75) is 152 Å². The Bertz CT molecular complexity index is 1730. The Balaban J connectivity index is 1.30. The molecule has 9 heteroatoms. The molecule has 0 saturated heterocycles. The summed E-state index contributed by atoms with van der Waals surface area (Å²) < 4.78 is 12.5. The van der Waals surface area contributed by atoms with E-state index in [1.165, 1.54) is 12.5 Å². The predicted molar refractivity (Wildman–Crippen MR) is 214 cm³/mol. The third-order valence-corrected chi connectivity index (χ3v) is 16.6. The van der Waals surface area contributed by atoms with Gasteiger partial charge in [-0.3, -0.25) is 19.2 Å². The zero-order valence-corrected chi connectivity index (χ0v) is 35.8. The number of halogens is 1. The maximum absolute atomic E-state index is 14.3. The van der Waals surface area contributed by atoms with Crippen LogP contribution in [-0.2, 0) is 35.2 Å². The number of hydrogen-bond donors (Lipinski definition) is 2. The van der Waals surface area contributed by atoms with E-state index in [0.717, 1.165) is 62.5 Å². The van der Waals surface area contributed by atoms with E-state index in [-0.39, 0.29) is 57.8 Å². The molecule has 304 valence electrons. The fourth-order valence-corrected chi connectivity index (χ4v) is 13.5. The van der Waals surface area contributed by atoms with Gasteiger partial charge in [0.1, 0.15) is 12.2 Å². The normalized spacial score (nSPS) is 36.0. The number of carboxylic acids is 1. The summed E-state index contributed by atoms with van der Waals surface area (Å²) in [6.45, 7) is 22.1. The van der Waals surface area contributed by atoms with Crippen molar-refractivity contribution in [1.29, 1.82) is 0 Å². The summed E-state index contributed by atoms with van der Waals surface area (Å²) in [6, 6.07) is 7.76. The summed E-state index contributed by atoms with van der Waals surface area (Å²) >= 11 is 6.14. The quantitative estimate of drug-likeness (QED) is 0.213. The Morgan fingerprint density at radius 3 is 2.22 bits per heavy atom. The van der Waals surface area contributed by atoms with Gasteiger partial charge in [-0.05, 0) is 134 Å². The number of carbonyl (C=O) groups is 4. The van der Waals surface area contributed by atoms with E-state index in [2.05, 4.69) is 53.8 Å². The standard InChI is InChI=1S/C46H66ClNO7/c1-27(2)38-32(50)23-46(36(54-28(3)49)26-48-25-29-11-13-30(47)14-12-29)22-21-44(9)31(39(38)46)15-16-34-43(8)19-18-35(55-37(51)24-41(4,5)40(52)53)42(6,7)33(43)17-20-45(34,44)10/h11-14,27,31,33-36,48H,15-26H2,1-10H3,(H,52,53)/t31-,33?,34-,35+,36?,43+,44-,45-,46?/m1/s1. The van der Waals surface area contributed by atoms with Crippen LogP contribution in [0.5, 0.6) is 0 Å². The van der Waals surface area contributed by atoms with Crippen LogP contribution in [0.1, 0.15) is 139 Å². The lowest BCUT2D eigenvalue weighted by molar-refractivity contribution is -0.235. The zero-order valence-electron chi connectivity index (χ0n) is 35.0. The molecule has 0 heterocycles. The molecule has 0 radical (unpaired) electrons. The van der Waals surface area contributed by atoms with Crippen molar-refractivity contribution >= 4 is 35.3 Å². The largest absolute Gasteiger partial charge is 0.481 e. The van der Waals surface area contributed by atoms with Crippen molar-refractivity contribution in [2.24, 2.45) is 56.2 Å². The van der Waals surface area contributed by atoms with Crippen LogP contribution >= 0.6 is 11.6 Å². The first kappa shape index (κ1) is 41.9. The molecule has 6 rings (SSSR count). The number of fused-ring (bicyclic) bond motifs is 7. The number of allylic oxidation sites excluding steroid dienone is 1. The van der Waals surface area contributed by atoms with Gasteiger partial charge in [-0.2, -0.15) is 0 Å². The van der Waals surface area contributed by atoms with Gasteiger partial charge in [0.05, 0.1) is 11.8 Å². The van der Waals surface area contributed by atoms with Crippen molar-refractivity contribution in [1.82, 2.24) is 5.32 Å². The van der Waals surface area contributed by atoms with Gasteiger partial charge in [0.25, 0.3) is 0 Å². The second kappa shape index (κ2) is 14.6. The van der Waals surface area contributed by atoms with Gasteiger partial charge in [0, 0.05) is 42.3 Å². The van der Waals surface area contributed by atoms with Crippen LogP contribution in [0.15, 0.2) is 35.4 Å². The minimum Gasteiger partial charge on any atom is -0.481 e. The van der Waals surface area contributed by atoms with E-state index in [0.29, 0.717) is 36.4 Å². The molecular weight excluding hydrogens is 714 g/mol. The molecule has 0 amide bonds. The summed E-state index contributed by atoms with van der Waals surface area (Å²) in [5.41, 5.74) is 1.37. The summed E-state index contributed by atoms with van der Waals surface area (Å²) in [6.07, 6.45) is 7.14. The molecule has 8 nitrogen and oxygen atoms in total. The SMILES string of the molecule is CC(=O)OC(CNCc1ccc(Cl)cc1)C12CC[C@]3(C)[C@H](CC[C@@H]4[C@@]5(C)CC[C@H](OC(=O)CC(C)(C)C(=O)O)C(C)(C)C5CC[C@]43C)C1=C(C(C)C)C(=O)C2. The minimum atomic E-state index is -1.18. The van der Waals surface area contributed by atoms with Crippen LogP contribution in [0.2, 0.25) is 5.02 Å². The van der Waals surface area contributed by atoms with Crippen LogP contribution in [0.4, 0.5) is 0 Å². The molecule has 5 aliphatic rings. The first-order valence-electron chi connectivity index (χ1n) is 20.9. The Labute approximate surface area is 334 Å². The number of esters is 2. The molecule has 55 heavy (non-hydrogen) atoms. The molecule has 3 unspecified atom stereocenters. The number of ketones is 1. The fraction of sp³-hybridized carbons (Fsp3) is 0.739. The number of hydrogen-bond acceptors (Lipinski definition) is 7. The summed E-state index contributed by atoms with van der Waals surface area (Å²) in [5.74, 6) is -0.439. The highest BCUT2D eigenvalue weighted by atomic mass is 35.5. The number of rotatable bonds is 11. The number of aliphatic carboxylic acids is 1. The number of carboxylic acid groups (broad SMARTS) is 1. The first-order chi connectivity index (χ1) is 25.5. The van der Waals surface area contributed by atoms with Gasteiger partial charge in [-0.1, -0.05) is 72.2 Å². The van der Waals surface area contributed by atoms with Gasteiger partial charge in [0.2, 0.25) is 0 Å². The van der Waals surface area contributed by atoms with E-state index in [4.69, 9.17) is 21.1 Å². The topological polar surface area (TPSA) is 119 Å². The third-order valence-electron chi connectivity index (χ3n) is 16.4. The Morgan fingerprint density at radius 1 is 0.927 bits per heavy atom. The molecule has 0 aromatic heterocycles. The highest BCUT2D eigenvalue weighted by Crippen LogP contribution is 2.77. The molecule has 1 aromatic rings. The lowest BCUT2D eigenvalue weighted by Gasteiger charge is -2.72. The first-order valence-corrected chi connectivity index (χ1v) is 21.2. The molecule has 0 bridgehead atoms. The van der Waals surface area contributed by atoms with Crippen molar-refractivity contribution < 1.29 is 33.8 Å². The number of carbonyl (C=O) groups excluding carboxylic acids is 3. The second-order valence-electron chi connectivity index (χ2n) is 20.4. The van der Waals surface area contributed by atoms with Gasteiger partial charge >= 0.3 is 17.9 Å². The van der Waals surface area contributed by atoms with Crippen molar-refractivity contribution in [3.05, 3.63) is 46.0 Å². The number of nitrogens with one attached hydrogen (secondary N) is 1. The highest BCUT2D eigenvalue weighted by molar-refractivity contribution is 6.30. The number of Topliss-reactive ketones (excluding diaryl/α,β-unsaturated/α-hetero) is 1. The van der Waals surface area contributed by atoms with E-state index >= 15 is 0 Å². The van der Waals surface area contributed by atoms with Crippen LogP contribution < -0.4 is 5.32 Å². The molecule has 5 aliphatic carbocycles.